The van der Waals surface area contributed by atoms with E-state index >= 15 is 0 Å². The number of hydrogen-bond acceptors (Lipinski definition) is 7. The number of halogens is 1. The molecule has 9 nitrogen and oxygen atoms in total. The third-order valence-electron chi connectivity index (χ3n) is 4.51. The van der Waals surface area contributed by atoms with E-state index in [-0.39, 0.29) is 24.5 Å². The van der Waals surface area contributed by atoms with E-state index in [0.29, 0.717) is 30.4 Å². The summed E-state index contributed by atoms with van der Waals surface area (Å²) in [7, 11) is 3.51. The van der Waals surface area contributed by atoms with Crippen LogP contribution < -0.4 is 5.32 Å². The topological polar surface area (TPSA) is 102 Å². The Labute approximate surface area is 161 Å². The fourth-order valence-corrected chi connectivity index (χ4v) is 3.28. The third kappa shape index (κ3) is 4.54. The van der Waals surface area contributed by atoms with Crippen molar-refractivity contribution < 1.29 is 14.3 Å². The summed E-state index contributed by atoms with van der Waals surface area (Å²) >= 11 is 5.68. The highest BCUT2D eigenvalue weighted by Crippen LogP contribution is 2.36. The number of aryl methyl sites for hydroxylation is 1. The van der Waals surface area contributed by atoms with Gasteiger partial charge in [0.05, 0.1) is 24.7 Å². The van der Waals surface area contributed by atoms with Crippen LogP contribution in [0.1, 0.15) is 24.4 Å². The average molecular weight is 393 g/mol. The fourth-order valence-electron chi connectivity index (χ4n) is 3.18. The van der Waals surface area contributed by atoms with Crippen LogP contribution in [0.3, 0.4) is 0 Å². The van der Waals surface area contributed by atoms with E-state index in [1.54, 1.807) is 42.0 Å². The van der Waals surface area contributed by atoms with Crippen molar-refractivity contribution in [1.29, 1.82) is 0 Å². The molecule has 144 valence electrons. The van der Waals surface area contributed by atoms with Crippen molar-refractivity contribution in [2.24, 2.45) is 13.0 Å². The lowest BCUT2D eigenvalue weighted by atomic mass is 9.86. The molecule has 1 aliphatic rings. The summed E-state index contributed by atoms with van der Waals surface area (Å²) < 4.78 is 7.08. The molecule has 27 heavy (non-hydrogen) atoms. The van der Waals surface area contributed by atoms with Crippen LogP contribution in [0.5, 0.6) is 0 Å². The maximum absolute atomic E-state index is 12.6. The first kappa shape index (κ1) is 19.1. The first-order valence-corrected chi connectivity index (χ1v) is 8.97. The molecule has 1 N–H and O–H groups in total. The van der Waals surface area contributed by atoms with Crippen LogP contribution in [0.2, 0.25) is 5.15 Å². The van der Waals surface area contributed by atoms with Crippen molar-refractivity contribution in [3.8, 4) is 0 Å². The maximum Gasteiger partial charge on any atom is 0.311 e. The normalized spacial score (nSPS) is 19.8. The minimum atomic E-state index is -0.424. The molecule has 10 heteroatoms. The summed E-state index contributed by atoms with van der Waals surface area (Å²) in [6.07, 6.45) is 4.28. The summed E-state index contributed by atoms with van der Waals surface area (Å²) in [6.45, 7) is 0.568. The van der Waals surface area contributed by atoms with Crippen molar-refractivity contribution in [1.82, 2.24) is 24.9 Å². The predicted octanol–water partition coefficient (Wildman–Crippen LogP) is 1.43. The number of rotatable bonds is 6. The largest absolute Gasteiger partial charge is 0.464 e. The molecule has 0 radical (unpaired) electrons. The molecule has 0 aliphatic carbocycles. The molecule has 1 amide bonds. The molecule has 0 aromatic carbocycles. The quantitative estimate of drug-likeness (QED) is 0.586. The van der Waals surface area contributed by atoms with E-state index in [9.17, 15) is 9.59 Å². The first-order valence-electron chi connectivity index (χ1n) is 8.59. The Balaban J connectivity index is 1.58. The molecule has 1 aliphatic heterocycles. The summed E-state index contributed by atoms with van der Waals surface area (Å²) in [4.78, 5) is 26.3. The van der Waals surface area contributed by atoms with Crippen LogP contribution in [-0.2, 0) is 21.4 Å². The van der Waals surface area contributed by atoms with Gasteiger partial charge in [-0.25, -0.2) is 0 Å². The average Bonchev–Trinajstić information content (AvgIpc) is 3.08. The van der Waals surface area contributed by atoms with Crippen LogP contribution in [0.25, 0.3) is 0 Å². The van der Waals surface area contributed by atoms with Gasteiger partial charge in [-0.15, -0.1) is 10.2 Å². The van der Waals surface area contributed by atoms with Gasteiger partial charge in [0.15, 0.2) is 5.15 Å². The van der Waals surface area contributed by atoms with E-state index in [2.05, 4.69) is 20.6 Å². The number of ether oxygens (including phenoxy) is 1. The molecule has 0 bridgehead atoms. The number of aromatic nitrogens is 4. The van der Waals surface area contributed by atoms with E-state index in [0.717, 1.165) is 5.56 Å². The van der Waals surface area contributed by atoms with E-state index < -0.39 is 5.92 Å². The molecule has 1 saturated heterocycles. The second kappa shape index (κ2) is 8.34. The van der Waals surface area contributed by atoms with E-state index in [1.807, 2.05) is 6.20 Å². The number of piperidine rings is 1. The second-order valence-electron chi connectivity index (χ2n) is 6.38. The molecular formula is C17H21ClN6O3. The third-order valence-corrected chi connectivity index (χ3v) is 4.72. The Morgan fingerprint density at radius 1 is 1.37 bits per heavy atom. The van der Waals surface area contributed by atoms with Gasteiger partial charge in [-0.3, -0.25) is 14.3 Å². The number of nitrogens with one attached hydrogen (secondary N) is 1. The van der Waals surface area contributed by atoms with Gasteiger partial charge in [-0.1, -0.05) is 11.6 Å². The predicted molar refractivity (Wildman–Crippen MR) is 97.9 cm³/mol. The number of likely N-dealkylation sites (tertiary alicyclic amines) is 1. The summed E-state index contributed by atoms with van der Waals surface area (Å²) in [5.74, 6) is -0.193. The molecule has 3 heterocycles. The van der Waals surface area contributed by atoms with Crippen molar-refractivity contribution in [3.05, 3.63) is 35.2 Å². The zero-order valence-corrected chi connectivity index (χ0v) is 15.9. The van der Waals surface area contributed by atoms with Crippen molar-refractivity contribution in [2.75, 3.05) is 25.5 Å². The second-order valence-corrected chi connectivity index (χ2v) is 6.76. The number of nitrogens with zero attached hydrogens (tertiary/aromatic N) is 5. The molecule has 2 aromatic heterocycles. The van der Waals surface area contributed by atoms with Crippen LogP contribution in [0.4, 0.5) is 5.82 Å². The highest BCUT2D eigenvalue weighted by molar-refractivity contribution is 6.29. The summed E-state index contributed by atoms with van der Waals surface area (Å²) in [5.41, 5.74) is 0.824. The van der Waals surface area contributed by atoms with Crippen molar-refractivity contribution >= 4 is 29.3 Å². The Morgan fingerprint density at radius 3 is 2.85 bits per heavy atom. The Morgan fingerprint density at radius 2 is 2.19 bits per heavy atom. The number of carbonyl (C=O) groups is 2. The first-order chi connectivity index (χ1) is 13.0. The Bertz CT molecular complexity index is 809. The number of anilines is 1. The van der Waals surface area contributed by atoms with Crippen LogP contribution in [-0.4, -0.2) is 57.0 Å². The molecule has 3 rings (SSSR count). The summed E-state index contributed by atoms with van der Waals surface area (Å²) in [6, 6.07) is 2.94. The van der Waals surface area contributed by atoms with Crippen molar-refractivity contribution in [2.45, 2.75) is 18.9 Å². The monoisotopic (exact) mass is 392 g/mol. The maximum atomic E-state index is 12.6. The van der Waals surface area contributed by atoms with Gasteiger partial charge in [-0.2, -0.15) is 5.10 Å². The van der Waals surface area contributed by atoms with E-state index in [4.69, 9.17) is 16.3 Å². The Hall–Kier alpha value is -2.68. The van der Waals surface area contributed by atoms with Crippen LogP contribution in [0, 0.1) is 5.92 Å². The minimum absolute atomic E-state index is 0.0101. The van der Waals surface area contributed by atoms with Gasteiger partial charge in [0, 0.05) is 32.3 Å². The molecule has 2 aromatic rings. The van der Waals surface area contributed by atoms with Crippen LogP contribution in [0.15, 0.2) is 24.5 Å². The lowest BCUT2D eigenvalue weighted by Gasteiger charge is -2.37. The fraction of sp³-hybridized carbons (Fsp3) is 0.471. The Kier molecular flexibility index (Phi) is 5.90. The lowest BCUT2D eigenvalue weighted by Crippen LogP contribution is -2.43. The zero-order valence-electron chi connectivity index (χ0n) is 15.1. The van der Waals surface area contributed by atoms with E-state index in [1.165, 1.54) is 0 Å². The van der Waals surface area contributed by atoms with Gasteiger partial charge < -0.3 is 15.0 Å². The number of hydrogen-bond donors (Lipinski definition) is 1. The number of amides is 1. The molecule has 1 fully saturated rings. The lowest BCUT2D eigenvalue weighted by molar-refractivity contribution is -0.155. The van der Waals surface area contributed by atoms with Gasteiger partial charge >= 0.3 is 5.97 Å². The number of carbonyl (C=O) groups excluding carboxylic acids is 2. The van der Waals surface area contributed by atoms with Crippen LogP contribution >= 0.6 is 11.6 Å². The molecule has 0 saturated carbocycles. The zero-order chi connectivity index (χ0) is 19.4. The van der Waals surface area contributed by atoms with Gasteiger partial charge in [-0.05, 0) is 18.6 Å². The molecule has 0 unspecified atom stereocenters. The smallest absolute Gasteiger partial charge is 0.311 e. The number of esters is 1. The molecule has 2 atom stereocenters. The minimum Gasteiger partial charge on any atom is -0.464 e. The van der Waals surface area contributed by atoms with Gasteiger partial charge in [0.2, 0.25) is 5.91 Å². The summed E-state index contributed by atoms with van der Waals surface area (Å²) in [5, 5.41) is 15.1. The standard InChI is InChI=1S/C17H21ClN6O3/c1-23-10-11(9-20-23)16-12(3-6-15(25)24(16)2)17(26)27-8-7-19-14-5-4-13(18)21-22-14/h4-5,9-10,12,16H,3,6-8H2,1-2H3,(H,19,22)/t12-,16+/m0/s1. The van der Waals surface area contributed by atoms with Gasteiger partial charge in [0.25, 0.3) is 0 Å². The SMILES string of the molecule is CN1C(=O)CC[C@H](C(=O)OCCNc2ccc(Cl)nn2)[C@H]1c1cnn(C)c1. The van der Waals surface area contributed by atoms with Crippen molar-refractivity contribution in [3.63, 3.8) is 0 Å². The highest BCUT2D eigenvalue weighted by atomic mass is 35.5. The molecular weight excluding hydrogens is 372 g/mol. The molecule has 0 spiro atoms. The van der Waals surface area contributed by atoms with Gasteiger partial charge in [0.1, 0.15) is 12.4 Å². The highest BCUT2D eigenvalue weighted by Gasteiger charge is 2.40.